The molecule has 0 saturated heterocycles. The number of amides is 1. The van der Waals surface area contributed by atoms with Crippen molar-refractivity contribution >= 4 is 24.0 Å². The van der Waals surface area contributed by atoms with Crippen LogP contribution in [0, 0.1) is 0 Å². The van der Waals surface area contributed by atoms with Crippen LogP contribution >= 0.6 is 12.4 Å². The Morgan fingerprint density at radius 2 is 1.90 bits per heavy atom. The Morgan fingerprint density at radius 1 is 1.30 bits per heavy atom. The topological polar surface area (TPSA) is 70.6 Å². The van der Waals surface area contributed by atoms with Crippen LogP contribution in [0.4, 0.5) is 5.69 Å². The molecule has 1 aromatic carbocycles. The zero-order valence-electron chi connectivity index (χ0n) is 12.1. The smallest absolute Gasteiger partial charge is 0.221 e. The number of hydrogen-bond donors (Lipinski definition) is 3. The van der Waals surface area contributed by atoms with E-state index in [1.54, 1.807) is 24.3 Å². The van der Waals surface area contributed by atoms with Crippen LogP contribution in [-0.4, -0.2) is 36.3 Å². The van der Waals surface area contributed by atoms with E-state index in [4.69, 9.17) is 4.74 Å². The lowest BCUT2D eigenvalue weighted by Gasteiger charge is -2.15. The van der Waals surface area contributed by atoms with E-state index in [0.717, 1.165) is 5.69 Å². The number of aliphatic hydroxyl groups excluding tert-OH is 1. The average Bonchev–Trinajstić information content (AvgIpc) is 2.35. The molecule has 0 fully saturated rings. The van der Waals surface area contributed by atoms with Gasteiger partial charge in [0, 0.05) is 25.2 Å². The summed E-state index contributed by atoms with van der Waals surface area (Å²) in [5.74, 6) is 0.557. The van der Waals surface area contributed by atoms with Crippen LogP contribution in [0.2, 0.25) is 0 Å². The molecule has 6 heteroatoms. The summed E-state index contributed by atoms with van der Waals surface area (Å²) in [6, 6.07) is 7.37. The molecule has 0 bridgehead atoms. The fourth-order valence-corrected chi connectivity index (χ4v) is 1.46. The zero-order valence-corrected chi connectivity index (χ0v) is 12.9. The van der Waals surface area contributed by atoms with Crippen molar-refractivity contribution in [3.63, 3.8) is 0 Å². The number of carbonyl (C=O) groups is 1. The molecule has 1 aromatic rings. The van der Waals surface area contributed by atoms with E-state index in [-0.39, 0.29) is 24.9 Å². The standard InChI is InChI=1S/C14H22N2O3.ClH/c1-10(2)15-8-13(18)9-19-14-6-4-12(5-7-14)16-11(3)17;/h4-7,10,13,15,18H,8-9H2,1-3H3,(H,16,17);1H. The van der Waals surface area contributed by atoms with E-state index < -0.39 is 6.10 Å². The number of rotatable bonds is 7. The monoisotopic (exact) mass is 302 g/mol. The maximum atomic E-state index is 10.9. The number of hydrogen-bond acceptors (Lipinski definition) is 4. The van der Waals surface area contributed by atoms with E-state index in [1.165, 1.54) is 6.92 Å². The minimum Gasteiger partial charge on any atom is -0.491 e. The zero-order chi connectivity index (χ0) is 14.3. The van der Waals surface area contributed by atoms with Crippen LogP contribution in [-0.2, 0) is 4.79 Å². The molecule has 0 aliphatic heterocycles. The van der Waals surface area contributed by atoms with Crippen LogP contribution in [0.1, 0.15) is 20.8 Å². The number of anilines is 1. The average molecular weight is 303 g/mol. The van der Waals surface area contributed by atoms with Gasteiger partial charge in [0.05, 0.1) is 0 Å². The fraction of sp³-hybridized carbons (Fsp3) is 0.500. The summed E-state index contributed by atoms with van der Waals surface area (Å²) in [4.78, 5) is 10.9. The molecule has 5 nitrogen and oxygen atoms in total. The van der Waals surface area contributed by atoms with Gasteiger partial charge in [0.25, 0.3) is 0 Å². The van der Waals surface area contributed by atoms with E-state index in [1.807, 2.05) is 13.8 Å². The number of halogens is 1. The summed E-state index contributed by atoms with van der Waals surface area (Å²) in [5.41, 5.74) is 0.724. The number of nitrogens with one attached hydrogen (secondary N) is 2. The van der Waals surface area contributed by atoms with Gasteiger partial charge < -0.3 is 20.5 Å². The summed E-state index contributed by atoms with van der Waals surface area (Å²) >= 11 is 0. The first-order chi connectivity index (χ1) is 8.97. The second-order valence-corrected chi connectivity index (χ2v) is 4.73. The minimum absolute atomic E-state index is 0. The predicted molar refractivity (Wildman–Crippen MR) is 82.6 cm³/mol. The Morgan fingerprint density at radius 3 is 2.40 bits per heavy atom. The van der Waals surface area contributed by atoms with Crippen molar-refractivity contribution in [1.29, 1.82) is 0 Å². The lowest BCUT2D eigenvalue weighted by molar-refractivity contribution is -0.114. The van der Waals surface area contributed by atoms with Gasteiger partial charge in [-0.2, -0.15) is 0 Å². The van der Waals surface area contributed by atoms with Crippen LogP contribution < -0.4 is 15.4 Å². The lowest BCUT2D eigenvalue weighted by Crippen LogP contribution is -2.35. The van der Waals surface area contributed by atoms with Gasteiger partial charge in [0.15, 0.2) is 0 Å². The highest BCUT2D eigenvalue weighted by atomic mass is 35.5. The van der Waals surface area contributed by atoms with Crippen molar-refractivity contribution in [2.24, 2.45) is 0 Å². The summed E-state index contributed by atoms with van der Waals surface area (Å²) in [6.07, 6.45) is -0.544. The molecule has 1 unspecified atom stereocenters. The number of benzene rings is 1. The van der Waals surface area contributed by atoms with Crippen LogP contribution in [0.25, 0.3) is 0 Å². The molecule has 1 rings (SSSR count). The third-order valence-corrected chi connectivity index (χ3v) is 2.38. The molecule has 0 saturated carbocycles. The summed E-state index contributed by atoms with van der Waals surface area (Å²) in [7, 11) is 0. The molecule has 0 radical (unpaired) electrons. The van der Waals surface area contributed by atoms with E-state index >= 15 is 0 Å². The minimum atomic E-state index is -0.544. The maximum Gasteiger partial charge on any atom is 0.221 e. The third kappa shape index (κ3) is 7.99. The summed E-state index contributed by atoms with van der Waals surface area (Å²) in [6.45, 7) is 6.24. The maximum absolute atomic E-state index is 10.9. The van der Waals surface area contributed by atoms with Gasteiger partial charge in [-0.15, -0.1) is 12.4 Å². The Hall–Kier alpha value is -1.30. The van der Waals surface area contributed by atoms with Crippen molar-refractivity contribution in [2.75, 3.05) is 18.5 Å². The molecular formula is C14H23ClN2O3. The highest BCUT2D eigenvalue weighted by molar-refractivity contribution is 5.88. The normalized spacial score (nSPS) is 11.7. The van der Waals surface area contributed by atoms with Gasteiger partial charge in [-0.3, -0.25) is 4.79 Å². The van der Waals surface area contributed by atoms with Crippen molar-refractivity contribution in [3.8, 4) is 5.75 Å². The Labute approximate surface area is 126 Å². The quantitative estimate of drug-likeness (QED) is 0.718. The molecule has 0 spiro atoms. The largest absolute Gasteiger partial charge is 0.491 e. The van der Waals surface area contributed by atoms with Gasteiger partial charge in [0.1, 0.15) is 18.5 Å². The van der Waals surface area contributed by atoms with Crippen molar-refractivity contribution in [1.82, 2.24) is 5.32 Å². The molecule has 1 amide bonds. The van der Waals surface area contributed by atoms with Crippen LogP contribution in [0.5, 0.6) is 5.75 Å². The molecule has 0 aliphatic rings. The fourth-order valence-electron chi connectivity index (χ4n) is 1.46. The molecule has 0 heterocycles. The second kappa shape index (κ2) is 9.58. The van der Waals surface area contributed by atoms with Crippen molar-refractivity contribution in [3.05, 3.63) is 24.3 Å². The predicted octanol–water partition coefficient (Wildman–Crippen LogP) is 1.80. The van der Waals surface area contributed by atoms with Gasteiger partial charge in [-0.1, -0.05) is 13.8 Å². The Balaban J connectivity index is 0.00000361. The van der Waals surface area contributed by atoms with E-state index in [9.17, 15) is 9.90 Å². The van der Waals surface area contributed by atoms with Gasteiger partial charge >= 0.3 is 0 Å². The highest BCUT2D eigenvalue weighted by Crippen LogP contribution is 2.15. The molecule has 0 aliphatic carbocycles. The Bertz CT molecular complexity index is 396. The lowest BCUT2D eigenvalue weighted by atomic mass is 10.3. The second-order valence-electron chi connectivity index (χ2n) is 4.73. The van der Waals surface area contributed by atoms with E-state index in [0.29, 0.717) is 18.3 Å². The number of aliphatic hydroxyl groups is 1. The van der Waals surface area contributed by atoms with E-state index in [2.05, 4.69) is 10.6 Å². The molecule has 0 aromatic heterocycles. The summed E-state index contributed by atoms with van der Waals surface area (Å²) in [5, 5.41) is 15.5. The third-order valence-electron chi connectivity index (χ3n) is 2.38. The number of carbonyl (C=O) groups excluding carboxylic acids is 1. The number of ether oxygens (including phenoxy) is 1. The summed E-state index contributed by atoms with van der Waals surface area (Å²) < 4.78 is 5.46. The van der Waals surface area contributed by atoms with Crippen molar-refractivity contribution in [2.45, 2.75) is 32.9 Å². The first-order valence-electron chi connectivity index (χ1n) is 6.39. The highest BCUT2D eigenvalue weighted by Gasteiger charge is 2.06. The van der Waals surface area contributed by atoms with Crippen molar-refractivity contribution < 1.29 is 14.6 Å². The molecule has 20 heavy (non-hydrogen) atoms. The molecule has 3 N–H and O–H groups in total. The van der Waals surface area contributed by atoms with Crippen LogP contribution in [0.15, 0.2) is 24.3 Å². The van der Waals surface area contributed by atoms with Crippen LogP contribution in [0.3, 0.4) is 0 Å². The SMILES string of the molecule is CC(=O)Nc1ccc(OCC(O)CNC(C)C)cc1.Cl. The molecular weight excluding hydrogens is 280 g/mol. The van der Waals surface area contributed by atoms with Gasteiger partial charge in [-0.25, -0.2) is 0 Å². The first-order valence-corrected chi connectivity index (χ1v) is 6.39. The first kappa shape index (κ1) is 18.7. The molecule has 114 valence electrons. The molecule has 1 atom stereocenters. The van der Waals surface area contributed by atoms with Gasteiger partial charge in [-0.05, 0) is 24.3 Å². The van der Waals surface area contributed by atoms with Gasteiger partial charge in [0.2, 0.25) is 5.91 Å². The Kier molecular flexibility index (Phi) is 8.96.